The first-order valence-corrected chi connectivity index (χ1v) is 5.94. The van der Waals surface area contributed by atoms with E-state index in [4.69, 9.17) is 5.73 Å². The number of hydrogen-bond donors (Lipinski definition) is 1. The third kappa shape index (κ3) is 2.94. The van der Waals surface area contributed by atoms with Crippen molar-refractivity contribution in [3.63, 3.8) is 0 Å². The van der Waals surface area contributed by atoms with Gasteiger partial charge < -0.3 is 5.73 Å². The maximum absolute atomic E-state index is 5.65. The molecule has 2 N–H and O–H groups in total. The lowest BCUT2D eigenvalue weighted by Crippen LogP contribution is -2.28. The van der Waals surface area contributed by atoms with Gasteiger partial charge >= 0.3 is 0 Å². The molecule has 0 unspecified atom stereocenters. The molecule has 16 heavy (non-hydrogen) atoms. The molecular weight excluding hydrogens is 196 g/mol. The largest absolute Gasteiger partial charge is 0.326 e. The van der Waals surface area contributed by atoms with Gasteiger partial charge in [-0.1, -0.05) is 35.9 Å². The maximum Gasteiger partial charge on any atom is 0.0237 e. The first-order chi connectivity index (χ1) is 7.78. The number of nitrogens with zero attached hydrogens (tertiary/aromatic N) is 1. The zero-order chi connectivity index (χ0) is 11.4. The molecule has 1 heterocycles. The molecule has 0 aromatic heterocycles. The zero-order valence-corrected chi connectivity index (χ0v) is 9.95. The second-order valence-electron chi connectivity index (χ2n) is 4.57. The van der Waals surface area contributed by atoms with Crippen LogP contribution in [0, 0.1) is 0 Å². The van der Waals surface area contributed by atoms with E-state index in [-0.39, 0.29) is 0 Å². The first kappa shape index (κ1) is 11.4. The molecule has 0 amide bonds. The molecule has 2 rings (SSSR count). The Bertz CT molecular complexity index is 382. The highest BCUT2D eigenvalue weighted by Crippen LogP contribution is 2.13. The van der Waals surface area contributed by atoms with E-state index in [1.54, 1.807) is 0 Å². The van der Waals surface area contributed by atoms with Gasteiger partial charge in [-0.3, -0.25) is 4.90 Å². The van der Waals surface area contributed by atoms with Crippen LogP contribution in [0.5, 0.6) is 0 Å². The van der Waals surface area contributed by atoms with Crippen molar-refractivity contribution in [3.05, 3.63) is 47.0 Å². The normalized spacial score (nSPS) is 17.2. The summed E-state index contributed by atoms with van der Waals surface area (Å²) in [6.07, 6.45) is 3.52. The van der Waals surface area contributed by atoms with Gasteiger partial charge in [0.15, 0.2) is 0 Å². The number of hydrogen-bond acceptors (Lipinski definition) is 2. The highest BCUT2D eigenvalue weighted by atomic mass is 15.1. The van der Waals surface area contributed by atoms with Gasteiger partial charge in [0, 0.05) is 26.2 Å². The van der Waals surface area contributed by atoms with Crippen molar-refractivity contribution in [1.82, 2.24) is 4.90 Å². The first-order valence-electron chi connectivity index (χ1n) is 5.94. The summed E-state index contributed by atoms with van der Waals surface area (Å²) in [4.78, 5) is 2.49. The Balaban J connectivity index is 2.00. The minimum absolute atomic E-state index is 0.632. The van der Waals surface area contributed by atoms with Gasteiger partial charge in [-0.05, 0) is 24.5 Å². The Morgan fingerprint density at radius 3 is 2.88 bits per heavy atom. The topological polar surface area (TPSA) is 29.3 Å². The van der Waals surface area contributed by atoms with Gasteiger partial charge in [-0.15, -0.1) is 0 Å². The van der Waals surface area contributed by atoms with Gasteiger partial charge in [-0.2, -0.15) is 0 Å². The van der Waals surface area contributed by atoms with Crippen LogP contribution in [0.3, 0.4) is 0 Å². The van der Waals surface area contributed by atoms with E-state index in [1.807, 2.05) is 0 Å². The average molecular weight is 216 g/mol. The lowest BCUT2D eigenvalue weighted by atomic mass is 10.1. The van der Waals surface area contributed by atoms with Crippen LogP contribution in [-0.4, -0.2) is 18.0 Å². The molecule has 1 aromatic rings. The van der Waals surface area contributed by atoms with Crippen molar-refractivity contribution in [2.24, 2.45) is 5.73 Å². The van der Waals surface area contributed by atoms with Crippen LogP contribution in [0.4, 0.5) is 0 Å². The monoisotopic (exact) mass is 216 g/mol. The van der Waals surface area contributed by atoms with E-state index in [0.29, 0.717) is 6.54 Å². The van der Waals surface area contributed by atoms with Crippen molar-refractivity contribution < 1.29 is 0 Å². The third-order valence-corrected chi connectivity index (χ3v) is 3.04. The fourth-order valence-corrected chi connectivity index (χ4v) is 2.24. The predicted octanol–water partition coefficient (Wildman–Crippen LogP) is 2.30. The second kappa shape index (κ2) is 5.28. The van der Waals surface area contributed by atoms with Crippen LogP contribution in [0.25, 0.3) is 0 Å². The van der Waals surface area contributed by atoms with Gasteiger partial charge in [0.1, 0.15) is 0 Å². The Morgan fingerprint density at radius 2 is 2.12 bits per heavy atom. The van der Waals surface area contributed by atoms with Gasteiger partial charge in [0.2, 0.25) is 0 Å². The number of benzene rings is 1. The lowest BCUT2D eigenvalue weighted by Gasteiger charge is -2.26. The number of rotatable bonds is 3. The van der Waals surface area contributed by atoms with Crippen molar-refractivity contribution in [2.75, 3.05) is 13.1 Å². The van der Waals surface area contributed by atoms with E-state index < -0.39 is 0 Å². The van der Waals surface area contributed by atoms with Crippen LogP contribution in [0.2, 0.25) is 0 Å². The molecule has 86 valence electrons. The Hall–Kier alpha value is -1.12. The van der Waals surface area contributed by atoms with Crippen LogP contribution in [0.15, 0.2) is 35.9 Å². The summed E-state index contributed by atoms with van der Waals surface area (Å²) >= 11 is 0. The summed E-state index contributed by atoms with van der Waals surface area (Å²) in [7, 11) is 0. The summed E-state index contributed by atoms with van der Waals surface area (Å²) in [5.41, 5.74) is 9.74. The second-order valence-corrected chi connectivity index (χ2v) is 4.57. The molecule has 0 bridgehead atoms. The molecule has 0 radical (unpaired) electrons. The third-order valence-electron chi connectivity index (χ3n) is 3.04. The van der Waals surface area contributed by atoms with Crippen molar-refractivity contribution in [3.8, 4) is 0 Å². The van der Waals surface area contributed by atoms with Gasteiger partial charge in [0.25, 0.3) is 0 Å². The molecule has 0 spiro atoms. The molecule has 1 aliphatic heterocycles. The van der Waals surface area contributed by atoms with E-state index >= 15 is 0 Å². The lowest BCUT2D eigenvalue weighted by molar-refractivity contribution is 0.282. The van der Waals surface area contributed by atoms with Crippen molar-refractivity contribution in [1.29, 1.82) is 0 Å². The zero-order valence-electron chi connectivity index (χ0n) is 9.95. The van der Waals surface area contributed by atoms with E-state index in [2.05, 4.69) is 42.2 Å². The Labute approximate surface area is 97.8 Å². The van der Waals surface area contributed by atoms with Crippen molar-refractivity contribution >= 4 is 0 Å². The summed E-state index contributed by atoms with van der Waals surface area (Å²) in [5, 5.41) is 0. The van der Waals surface area contributed by atoms with Crippen LogP contribution >= 0.6 is 0 Å². The Kier molecular flexibility index (Phi) is 3.75. The minimum atomic E-state index is 0.632. The van der Waals surface area contributed by atoms with E-state index in [1.165, 1.54) is 29.7 Å². The molecule has 0 saturated carbocycles. The highest BCUT2D eigenvalue weighted by molar-refractivity contribution is 5.23. The number of nitrogens with two attached hydrogens (primary N) is 1. The minimum Gasteiger partial charge on any atom is -0.326 e. The molecule has 2 nitrogen and oxygen atoms in total. The molecule has 2 heteroatoms. The van der Waals surface area contributed by atoms with E-state index in [0.717, 1.165) is 13.1 Å². The molecular formula is C14H20N2. The van der Waals surface area contributed by atoms with Crippen LogP contribution in [-0.2, 0) is 13.1 Å². The summed E-state index contributed by atoms with van der Waals surface area (Å²) < 4.78 is 0. The molecule has 0 saturated heterocycles. The van der Waals surface area contributed by atoms with Crippen molar-refractivity contribution in [2.45, 2.75) is 26.4 Å². The van der Waals surface area contributed by atoms with Crippen LogP contribution in [0.1, 0.15) is 24.5 Å². The SMILES string of the molecule is CC1=CCCN(Cc2cccc(CN)c2)C1. The van der Waals surface area contributed by atoms with E-state index in [9.17, 15) is 0 Å². The molecule has 0 aliphatic carbocycles. The highest BCUT2D eigenvalue weighted by Gasteiger charge is 2.10. The van der Waals surface area contributed by atoms with Gasteiger partial charge in [0.05, 0.1) is 0 Å². The molecule has 1 aliphatic rings. The van der Waals surface area contributed by atoms with Crippen LogP contribution < -0.4 is 5.73 Å². The summed E-state index contributed by atoms with van der Waals surface area (Å²) in [5.74, 6) is 0. The molecule has 0 atom stereocenters. The summed E-state index contributed by atoms with van der Waals surface area (Å²) in [6, 6.07) is 8.59. The quantitative estimate of drug-likeness (QED) is 0.786. The fourth-order valence-electron chi connectivity index (χ4n) is 2.24. The average Bonchev–Trinajstić information content (AvgIpc) is 2.29. The summed E-state index contributed by atoms with van der Waals surface area (Å²) in [6.45, 7) is 6.16. The standard InChI is InChI=1S/C14H20N2/c1-12-4-3-7-16(10-12)11-14-6-2-5-13(8-14)9-15/h2,4-6,8H,3,7,9-11,15H2,1H3. The predicted molar refractivity (Wildman–Crippen MR) is 68.0 cm³/mol. The smallest absolute Gasteiger partial charge is 0.0237 e. The van der Waals surface area contributed by atoms with Gasteiger partial charge in [-0.25, -0.2) is 0 Å². The maximum atomic E-state index is 5.65. The molecule has 1 aromatic carbocycles. The molecule has 0 fully saturated rings. The fraction of sp³-hybridized carbons (Fsp3) is 0.429. The Morgan fingerprint density at radius 1 is 1.31 bits per heavy atom.